The summed E-state index contributed by atoms with van der Waals surface area (Å²) < 4.78 is 5.03. The number of rotatable bonds is 8. The van der Waals surface area contributed by atoms with E-state index in [9.17, 15) is 19.5 Å². The van der Waals surface area contributed by atoms with Gasteiger partial charge in [0, 0.05) is 0 Å². The summed E-state index contributed by atoms with van der Waals surface area (Å²) in [4.78, 5) is 35.5. The number of hydrogen-bond acceptors (Lipinski definition) is 5. The average molecular weight is 351 g/mol. The van der Waals surface area contributed by atoms with Gasteiger partial charge in [-0.1, -0.05) is 44.2 Å². The Hall–Kier alpha value is -2.61. The van der Waals surface area contributed by atoms with Gasteiger partial charge in [0.1, 0.15) is 18.7 Å². The molecule has 1 rings (SSSR count). The molecule has 0 aliphatic heterocycles. The molecular formula is C17H25N3O5. The fourth-order valence-corrected chi connectivity index (χ4v) is 2.11. The van der Waals surface area contributed by atoms with E-state index in [2.05, 4.69) is 10.6 Å². The molecule has 0 saturated carbocycles. The molecule has 25 heavy (non-hydrogen) atoms. The Balaban J connectivity index is 2.64. The predicted octanol–water partition coefficient (Wildman–Crippen LogP) is 0.288. The minimum atomic E-state index is -1.27. The van der Waals surface area contributed by atoms with Crippen LogP contribution >= 0.6 is 0 Å². The number of nitrogens with two attached hydrogens (primary N) is 1. The van der Waals surface area contributed by atoms with Gasteiger partial charge in [0.2, 0.25) is 11.8 Å². The van der Waals surface area contributed by atoms with Crippen LogP contribution in [0.3, 0.4) is 0 Å². The van der Waals surface area contributed by atoms with E-state index >= 15 is 0 Å². The third kappa shape index (κ3) is 6.80. The highest BCUT2D eigenvalue weighted by molar-refractivity contribution is 5.91. The number of primary amides is 1. The minimum absolute atomic E-state index is 0.0245. The van der Waals surface area contributed by atoms with Gasteiger partial charge < -0.3 is 26.2 Å². The van der Waals surface area contributed by atoms with E-state index < -0.39 is 36.1 Å². The first-order chi connectivity index (χ1) is 11.7. The molecule has 138 valence electrons. The zero-order valence-corrected chi connectivity index (χ0v) is 14.6. The molecule has 0 fully saturated rings. The van der Waals surface area contributed by atoms with Gasteiger partial charge in [0.15, 0.2) is 0 Å². The SMILES string of the molecule is CC(C)[C@H](NC(=O)[C@@H](NC(=O)OCc1ccccc1)[C@@H](C)O)C(N)=O. The molecular weight excluding hydrogens is 326 g/mol. The monoisotopic (exact) mass is 351 g/mol. The molecule has 0 bridgehead atoms. The maximum absolute atomic E-state index is 12.3. The highest BCUT2D eigenvalue weighted by Crippen LogP contribution is 2.04. The number of benzene rings is 1. The van der Waals surface area contributed by atoms with E-state index in [-0.39, 0.29) is 12.5 Å². The second kappa shape index (κ2) is 9.63. The molecule has 0 heterocycles. The van der Waals surface area contributed by atoms with Crippen molar-refractivity contribution in [2.75, 3.05) is 0 Å². The molecule has 5 N–H and O–H groups in total. The standard InChI is InChI=1S/C17H25N3O5/c1-10(2)13(15(18)22)19-16(23)14(11(3)21)20-17(24)25-9-12-7-5-4-6-8-12/h4-8,10-11,13-14,21H,9H2,1-3H3,(H2,18,22)(H,19,23)(H,20,24)/t11-,13+,14+/m1/s1. The van der Waals surface area contributed by atoms with Crippen molar-refractivity contribution in [1.29, 1.82) is 0 Å². The highest BCUT2D eigenvalue weighted by Gasteiger charge is 2.30. The van der Waals surface area contributed by atoms with E-state index in [4.69, 9.17) is 10.5 Å². The largest absolute Gasteiger partial charge is 0.445 e. The Kier molecular flexibility index (Phi) is 7.87. The highest BCUT2D eigenvalue weighted by atomic mass is 16.5. The van der Waals surface area contributed by atoms with Crippen molar-refractivity contribution in [3.63, 3.8) is 0 Å². The predicted molar refractivity (Wildman–Crippen MR) is 91.2 cm³/mol. The Morgan fingerprint density at radius 2 is 1.68 bits per heavy atom. The molecule has 1 aromatic carbocycles. The van der Waals surface area contributed by atoms with Gasteiger partial charge in [0.05, 0.1) is 6.10 Å². The molecule has 3 atom stereocenters. The molecule has 0 spiro atoms. The number of hydrogen-bond donors (Lipinski definition) is 4. The summed E-state index contributed by atoms with van der Waals surface area (Å²) >= 11 is 0. The second-order valence-corrected chi connectivity index (χ2v) is 6.06. The Morgan fingerprint density at radius 1 is 1.08 bits per heavy atom. The van der Waals surface area contributed by atoms with Crippen LogP contribution in [0.1, 0.15) is 26.3 Å². The van der Waals surface area contributed by atoms with Crippen LogP contribution in [-0.2, 0) is 20.9 Å². The van der Waals surface area contributed by atoms with Gasteiger partial charge in [-0.25, -0.2) is 4.79 Å². The molecule has 3 amide bonds. The van der Waals surface area contributed by atoms with Crippen molar-refractivity contribution in [3.8, 4) is 0 Å². The van der Waals surface area contributed by atoms with Crippen molar-refractivity contribution >= 4 is 17.9 Å². The zero-order chi connectivity index (χ0) is 19.0. The Morgan fingerprint density at radius 3 is 2.16 bits per heavy atom. The smallest absolute Gasteiger partial charge is 0.408 e. The number of carbonyl (C=O) groups excluding carboxylic acids is 3. The van der Waals surface area contributed by atoms with E-state index in [1.807, 2.05) is 6.07 Å². The van der Waals surface area contributed by atoms with Crippen LogP contribution < -0.4 is 16.4 Å². The first kappa shape index (κ1) is 20.4. The van der Waals surface area contributed by atoms with Gasteiger partial charge >= 0.3 is 6.09 Å². The minimum Gasteiger partial charge on any atom is -0.445 e. The Bertz CT molecular complexity index is 589. The van der Waals surface area contributed by atoms with Crippen LogP contribution in [0.5, 0.6) is 0 Å². The molecule has 0 aromatic heterocycles. The number of carbonyl (C=O) groups is 3. The molecule has 0 radical (unpaired) electrons. The van der Waals surface area contributed by atoms with E-state index in [1.54, 1.807) is 38.1 Å². The van der Waals surface area contributed by atoms with E-state index in [0.29, 0.717) is 0 Å². The first-order valence-electron chi connectivity index (χ1n) is 7.97. The summed E-state index contributed by atoms with van der Waals surface area (Å²) in [5, 5.41) is 14.5. The average Bonchev–Trinajstić information content (AvgIpc) is 2.55. The quantitative estimate of drug-likeness (QED) is 0.535. The van der Waals surface area contributed by atoms with Crippen molar-refractivity contribution in [1.82, 2.24) is 10.6 Å². The molecule has 8 heteroatoms. The lowest BCUT2D eigenvalue weighted by Gasteiger charge is -2.25. The van der Waals surface area contributed by atoms with Crippen LogP contribution in [-0.4, -0.2) is 41.2 Å². The number of aliphatic hydroxyl groups is 1. The fourth-order valence-electron chi connectivity index (χ4n) is 2.11. The van der Waals surface area contributed by atoms with Crippen LogP contribution in [0.15, 0.2) is 30.3 Å². The molecule has 8 nitrogen and oxygen atoms in total. The second-order valence-electron chi connectivity index (χ2n) is 6.06. The number of alkyl carbamates (subject to hydrolysis) is 1. The third-order valence-electron chi connectivity index (χ3n) is 3.52. The number of ether oxygens (including phenoxy) is 1. The summed E-state index contributed by atoms with van der Waals surface area (Å²) in [5.74, 6) is -1.65. The van der Waals surface area contributed by atoms with Gasteiger partial charge in [0.25, 0.3) is 0 Å². The third-order valence-corrected chi connectivity index (χ3v) is 3.52. The topological polar surface area (TPSA) is 131 Å². The fraction of sp³-hybridized carbons (Fsp3) is 0.471. The number of aliphatic hydroxyl groups excluding tert-OH is 1. The number of nitrogens with one attached hydrogen (secondary N) is 2. The molecule has 0 aliphatic rings. The maximum Gasteiger partial charge on any atom is 0.408 e. The molecule has 1 aromatic rings. The van der Waals surface area contributed by atoms with E-state index in [0.717, 1.165) is 5.56 Å². The molecule has 0 aliphatic carbocycles. The lowest BCUT2D eigenvalue weighted by Crippen LogP contribution is -2.57. The number of amides is 3. The van der Waals surface area contributed by atoms with Crippen molar-refractivity contribution < 1.29 is 24.2 Å². The summed E-state index contributed by atoms with van der Waals surface area (Å²) in [6.07, 6.45) is -2.05. The van der Waals surface area contributed by atoms with E-state index in [1.165, 1.54) is 6.92 Å². The van der Waals surface area contributed by atoms with Gasteiger partial charge in [-0.05, 0) is 18.4 Å². The van der Waals surface area contributed by atoms with Crippen LogP contribution in [0.4, 0.5) is 4.79 Å². The van der Waals surface area contributed by atoms with Gasteiger partial charge in [-0.3, -0.25) is 9.59 Å². The molecule has 0 saturated heterocycles. The van der Waals surface area contributed by atoms with Crippen LogP contribution in [0, 0.1) is 5.92 Å². The summed E-state index contributed by atoms with van der Waals surface area (Å²) in [7, 11) is 0. The summed E-state index contributed by atoms with van der Waals surface area (Å²) in [6, 6.07) is 6.83. The zero-order valence-electron chi connectivity index (χ0n) is 14.6. The van der Waals surface area contributed by atoms with Crippen molar-refractivity contribution in [2.24, 2.45) is 11.7 Å². The first-order valence-corrected chi connectivity index (χ1v) is 7.97. The normalized spacial score (nSPS) is 14.3. The maximum atomic E-state index is 12.3. The van der Waals surface area contributed by atoms with Gasteiger partial charge in [-0.15, -0.1) is 0 Å². The van der Waals surface area contributed by atoms with Crippen molar-refractivity contribution in [2.45, 2.75) is 45.6 Å². The van der Waals surface area contributed by atoms with Crippen LogP contribution in [0.2, 0.25) is 0 Å². The lowest BCUT2D eigenvalue weighted by atomic mass is 10.0. The Labute approximate surface area is 146 Å². The van der Waals surface area contributed by atoms with Crippen LogP contribution in [0.25, 0.3) is 0 Å². The van der Waals surface area contributed by atoms with Crippen molar-refractivity contribution in [3.05, 3.63) is 35.9 Å². The molecule has 0 unspecified atom stereocenters. The lowest BCUT2D eigenvalue weighted by molar-refractivity contribution is -0.131. The summed E-state index contributed by atoms with van der Waals surface area (Å²) in [5.41, 5.74) is 6.03. The van der Waals surface area contributed by atoms with Gasteiger partial charge in [-0.2, -0.15) is 0 Å². The summed E-state index contributed by atoms with van der Waals surface area (Å²) in [6.45, 7) is 4.80.